The molecule has 7 N–H and O–H groups in total. The van der Waals surface area contributed by atoms with Gasteiger partial charge < -0.3 is 27.0 Å². The van der Waals surface area contributed by atoms with Crippen molar-refractivity contribution in [1.82, 2.24) is 0 Å². The molecule has 0 saturated heterocycles. The van der Waals surface area contributed by atoms with Crippen LogP contribution in [0.25, 0.3) is 6.08 Å². The Bertz CT molecular complexity index is 849. The number of hydrogen-bond donors (Lipinski definition) is 5. The van der Waals surface area contributed by atoms with Gasteiger partial charge in [-0.3, -0.25) is 14.6 Å². The number of benzene rings is 1. The lowest BCUT2D eigenvalue weighted by Gasteiger charge is -2.23. The average Bonchev–Trinajstić information content (AvgIpc) is 2.61. The Balaban J connectivity index is 0.000000553. The summed E-state index contributed by atoms with van der Waals surface area (Å²) >= 11 is 0. The predicted octanol–water partition coefficient (Wildman–Crippen LogP) is 1.58. The summed E-state index contributed by atoms with van der Waals surface area (Å²) < 4.78 is 31.7. The van der Waals surface area contributed by atoms with Gasteiger partial charge in [-0.25, -0.2) is 4.79 Å². The van der Waals surface area contributed by atoms with Crippen LogP contribution in [-0.4, -0.2) is 46.7 Å². The fourth-order valence-corrected chi connectivity index (χ4v) is 2.45. The first-order valence-electron chi connectivity index (χ1n) is 8.57. The number of aliphatic imine (C=N–C) groups is 1. The zero-order valence-corrected chi connectivity index (χ0v) is 15.6. The summed E-state index contributed by atoms with van der Waals surface area (Å²) in [7, 11) is 0. The summed E-state index contributed by atoms with van der Waals surface area (Å²) in [6.45, 7) is 0.525. The van der Waals surface area contributed by atoms with E-state index in [-0.39, 0.29) is 18.3 Å². The molecule has 1 aromatic rings. The molecule has 2 rings (SSSR count). The van der Waals surface area contributed by atoms with Gasteiger partial charge in [0.15, 0.2) is 5.96 Å². The summed E-state index contributed by atoms with van der Waals surface area (Å²) in [6.07, 6.45) is -0.203. The van der Waals surface area contributed by atoms with E-state index in [1.165, 1.54) is 0 Å². The highest BCUT2D eigenvalue weighted by Gasteiger charge is 2.38. The van der Waals surface area contributed by atoms with Crippen molar-refractivity contribution >= 4 is 35.6 Å². The van der Waals surface area contributed by atoms with Crippen molar-refractivity contribution in [2.24, 2.45) is 22.4 Å². The number of carboxylic acids is 2. The number of fused-ring (bicyclic) bond motifs is 1. The predicted molar refractivity (Wildman–Crippen MR) is 103 cm³/mol. The monoisotopic (exact) mass is 430 g/mol. The fraction of sp³-hybridized carbons (Fsp3) is 0.333. The number of carbonyl (C=O) groups excluding carboxylic acids is 1. The van der Waals surface area contributed by atoms with Crippen LogP contribution >= 0.6 is 0 Å². The number of carboxylic acid groups (broad SMARTS) is 2. The lowest BCUT2D eigenvalue weighted by Crippen LogP contribution is -2.31. The standard InChI is InChI=1S/C16H20N4O3.C2HF3O2/c17-16(18)19-6-2-1-3-10-4-5-11-8-12(9-14(21)22)15(23)20-13(11)7-10;3-2(4,5)1(6)7/h1,3-5,7,12H,2,6,8-9H2,(H,20,23)(H,21,22)(H4,17,18,19);(H,6,7). The van der Waals surface area contributed by atoms with E-state index in [2.05, 4.69) is 10.3 Å². The second-order valence-electron chi connectivity index (χ2n) is 6.21. The lowest BCUT2D eigenvalue weighted by molar-refractivity contribution is -0.192. The number of nitrogens with zero attached hydrogens (tertiary/aromatic N) is 1. The highest BCUT2D eigenvalue weighted by atomic mass is 19.4. The first-order valence-corrected chi connectivity index (χ1v) is 8.57. The molecule has 0 spiro atoms. The number of carbonyl (C=O) groups is 3. The van der Waals surface area contributed by atoms with Crippen molar-refractivity contribution in [1.29, 1.82) is 0 Å². The van der Waals surface area contributed by atoms with E-state index in [4.69, 9.17) is 26.5 Å². The second kappa shape index (κ2) is 10.8. The largest absolute Gasteiger partial charge is 0.490 e. The van der Waals surface area contributed by atoms with E-state index >= 15 is 0 Å². The van der Waals surface area contributed by atoms with Crippen LogP contribution in [-0.2, 0) is 20.8 Å². The van der Waals surface area contributed by atoms with Gasteiger partial charge in [0, 0.05) is 12.2 Å². The first kappa shape index (κ1) is 24.5. The number of anilines is 1. The number of hydrogen-bond acceptors (Lipinski definition) is 4. The number of guanidine groups is 1. The zero-order chi connectivity index (χ0) is 22.9. The molecule has 9 nitrogen and oxygen atoms in total. The van der Waals surface area contributed by atoms with Crippen molar-refractivity contribution in [2.45, 2.75) is 25.4 Å². The molecular weight excluding hydrogens is 409 g/mol. The van der Waals surface area contributed by atoms with Crippen LogP contribution in [0.15, 0.2) is 29.3 Å². The van der Waals surface area contributed by atoms with Gasteiger partial charge in [-0.15, -0.1) is 0 Å². The molecule has 1 heterocycles. The minimum Gasteiger partial charge on any atom is -0.481 e. The summed E-state index contributed by atoms with van der Waals surface area (Å²) in [6, 6.07) is 5.73. The SMILES string of the molecule is NC(N)=NCCC=Cc1ccc2c(c1)NC(=O)C(CC(=O)O)C2.O=C(O)C(F)(F)F. The Morgan fingerprint density at radius 3 is 2.43 bits per heavy atom. The lowest BCUT2D eigenvalue weighted by atomic mass is 9.90. The maximum atomic E-state index is 11.9. The summed E-state index contributed by atoms with van der Waals surface area (Å²) in [5.74, 6) is -4.40. The maximum absolute atomic E-state index is 11.9. The second-order valence-corrected chi connectivity index (χ2v) is 6.21. The summed E-state index contributed by atoms with van der Waals surface area (Å²) in [4.78, 5) is 35.5. The van der Waals surface area contributed by atoms with Crippen molar-refractivity contribution in [3.05, 3.63) is 35.4 Å². The highest BCUT2D eigenvalue weighted by Crippen LogP contribution is 2.28. The molecule has 1 aliphatic heterocycles. The summed E-state index contributed by atoms with van der Waals surface area (Å²) in [5, 5.41) is 18.7. The van der Waals surface area contributed by atoms with Crippen LogP contribution in [0.5, 0.6) is 0 Å². The molecule has 0 fully saturated rings. The Morgan fingerprint density at radius 2 is 1.90 bits per heavy atom. The van der Waals surface area contributed by atoms with Gasteiger partial charge in [0.05, 0.1) is 12.3 Å². The maximum Gasteiger partial charge on any atom is 0.490 e. The minimum atomic E-state index is -5.08. The molecule has 164 valence electrons. The number of nitrogens with two attached hydrogens (primary N) is 2. The van der Waals surface area contributed by atoms with Crippen molar-refractivity contribution in [3.63, 3.8) is 0 Å². The number of halogens is 3. The van der Waals surface area contributed by atoms with Crippen LogP contribution < -0.4 is 16.8 Å². The van der Waals surface area contributed by atoms with E-state index in [0.29, 0.717) is 19.4 Å². The zero-order valence-electron chi connectivity index (χ0n) is 15.6. The number of amides is 1. The third kappa shape index (κ3) is 8.63. The van der Waals surface area contributed by atoms with Crippen molar-refractivity contribution < 1.29 is 37.8 Å². The van der Waals surface area contributed by atoms with E-state index < -0.39 is 24.0 Å². The quantitative estimate of drug-likeness (QED) is 0.259. The first-order chi connectivity index (χ1) is 13.9. The minimum absolute atomic E-state index is 0.0748. The number of aliphatic carboxylic acids is 2. The van der Waals surface area contributed by atoms with Crippen LogP contribution in [0.4, 0.5) is 18.9 Å². The third-order valence-electron chi connectivity index (χ3n) is 3.79. The van der Waals surface area contributed by atoms with Crippen LogP contribution in [0.2, 0.25) is 0 Å². The fourth-order valence-electron chi connectivity index (χ4n) is 2.45. The number of rotatable bonds is 6. The highest BCUT2D eigenvalue weighted by molar-refractivity contribution is 5.97. The number of nitrogens with one attached hydrogen (secondary N) is 1. The van der Waals surface area contributed by atoms with Crippen LogP contribution in [0, 0.1) is 5.92 Å². The molecule has 0 bridgehead atoms. The molecule has 1 amide bonds. The third-order valence-corrected chi connectivity index (χ3v) is 3.79. The van der Waals surface area contributed by atoms with Crippen LogP contribution in [0.1, 0.15) is 24.0 Å². The van der Waals surface area contributed by atoms with Gasteiger partial charge in [0.25, 0.3) is 0 Å². The molecule has 1 aromatic carbocycles. The molecule has 0 aromatic heterocycles. The molecule has 0 saturated carbocycles. The molecule has 0 aliphatic carbocycles. The van der Waals surface area contributed by atoms with E-state index in [9.17, 15) is 22.8 Å². The molecule has 12 heteroatoms. The number of alkyl halides is 3. The van der Waals surface area contributed by atoms with Gasteiger partial charge in [0.2, 0.25) is 5.91 Å². The van der Waals surface area contributed by atoms with Gasteiger partial charge in [-0.1, -0.05) is 24.3 Å². The molecule has 1 aliphatic rings. The molecular formula is C18H21F3N4O5. The molecule has 1 unspecified atom stereocenters. The Labute approximate surface area is 169 Å². The van der Waals surface area contributed by atoms with Crippen molar-refractivity contribution in [2.75, 3.05) is 11.9 Å². The smallest absolute Gasteiger partial charge is 0.481 e. The molecule has 30 heavy (non-hydrogen) atoms. The van der Waals surface area contributed by atoms with Gasteiger partial charge in [-0.2, -0.15) is 13.2 Å². The Kier molecular flexibility index (Phi) is 8.84. The Hall–Kier alpha value is -3.57. The van der Waals surface area contributed by atoms with Crippen molar-refractivity contribution in [3.8, 4) is 0 Å². The normalized spacial score (nSPS) is 15.4. The topological polar surface area (TPSA) is 168 Å². The van der Waals surface area contributed by atoms with Gasteiger partial charge in [-0.05, 0) is 30.0 Å². The van der Waals surface area contributed by atoms with E-state index in [0.717, 1.165) is 16.8 Å². The Morgan fingerprint density at radius 1 is 1.27 bits per heavy atom. The van der Waals surface area contributed by atoms with E-state index in [1.807, 2.05) is 30.4 Å². The molecule has 1 atom stereocenters. The summed E-state index contributed by atoms with van der Waals surface area (Å²) in [5.41, 5.74) is 13.1. The van der Waals surface area contributed by atoms with Crippen LogP contribution in [0.3, 0.4) is 0 Å². The average molecular weight is 430 g/mol. The molecule has 0 radical (unpaired) electrons. The van der Waals surface area contributed by atoms with Gasteiger partial charge in [0.1, 0.15) is 0 Å². The van der Waals surface area contributed by atoms with Gasteiger partial charge >= 0.3 is 18.1 Å². The van der Waals surface area contributed by atoms with E-state index in [1.54, 1.807) is 0 Å².